The predicted octanol–water partition coefficient (Wildman–Crippen LogP) is 3.33. The van der Waals surface area contributed by atoms with Crippen LogP contribution >= 0.6 is 0 Å². The molecule has 1 aliphatic rings. The van der Waals surface area contributed by atoms with Crippen molar-refractivity contribution in [1.29, 1.82) is 0 Å². The minimum Gasteiger partial charge on any atom is -0.493 e. The highest BCUT2D eigenvalue weighted by atomic mass is 16.5. The third kappa shape index (κ3) is 5.96. The molecule has 0 atom stereocenters. The van der Waals surface area contributed by atoms with Crippen LogP contribution in [0.5, 0.6) is 5.75 Å². The molecule has 2 N–H and O–H groups in total. The summed E-state index contributed by atoms with van der Waals surface area (Å²) in [7, 11) is 0. The van der Waals surface area contributed by atoms with Gasteiger partial charge >= 0.3 is 0 Å². The van der Waals surface area contributed by atoms with E-state index in [2.05, 4.69) is 49.4 Å². The molecule has 1 aromatic carbocycles. The van der Waals surface area contributed by atoms with Crippen molar-refractivity contribution >= 4 is 5.96 Å². The van der Waals surface area contributed by atoms with E-state index in [9.17, 15) is 0 Å². The van der Waals surface area contributed by atoms with E-state index in [1.165, 1.54) is 12.8 Å². The highest BCUT2D eigenvalue weighted by molar-refractivity contribution is 5.80. The molecule has 0 spiro atoms. The Kier molecular flexibility index (Phi) is 5.69. The van der Waals surface area contributed by atoms with Crippen LogP contribution in [0.25, 0.3) is 0 Å². The normalized spacial score (nSPS) is 15.5. The molecule has 1 fully saturated rings. The summed E-state index contributed by atoms with van der Waals surface area (Å²) in [5.41, 5.74) is 1.12. The zero-order valence-electron chi connectivity index (χ0n) is 14.3. The van der Waals surface area contributed by atoms with Gasteiger partial charge in [-0.15, -0.1) is 0 Å². The maximum Gasteiger partial charge on any atom is 0.191 e. The first-order valence-electron chi connectivity index (χ1n) is 8.25. The van der Waals surface area contributed by atoms with Crippen molar-refractivity contribution in [3.05, 3.63) is 29.8 Å². The molecule has 0 unspecified atom stereocenters. The topological polar surface area (TPSA) is 45.7 Å². The summed E-state index contributed by atoms with van der Waals surface area (Å²) < 4.78 is 5.94. The van der Waals surface area contributed by atoms with Crippen LogP contribution in [0, 0.1) is 5.92 Å². The minimum absolute atomic E-state index is 0.0109. The summed E-state index contributed by atoms with van der Waals surface area (Å²) >= 11 is 0. The largest absolute Gasteiger partial charge is 0.493 e. The summed E-state index contributed by atoms with van der Waals surface area (Å²) in [6.07, 6.45) is 2.61. The van der Waals surface area contributed by atoms with Crippen molar-refractivity contribution in [2.24, 2.45) is 10.9 Å². The highest BCUT2D eigenvalue weighted by Crippen LogP contribution is 2.30. The van der Waals surface area contributed by atoms with Gasteiger partial charge < -0.3 is 15.4 Å². The van der Waals surface area contributed by atoms with Crippen molar-refractivity contribution in [3.63, 3.8) is 0 Å². The Morgan fingerprint density at radius 1 is 1.27 bits per heavy atom. The van der Waals surface area contributed by atoms with Crippen LogP contribution in [0.3, 0.4) is 0 Å². The number of guanidine groups is 1. The summed E-state index contributed by atoms with van der Waals surface area (Å²) in [4.78, 5) is 4.69. The first-order chi connectivity index (χ1) is 10.5. The van der Waals surface area contributed by atoms with E-state index in [0.29, 0.717) is 6.54 Å². The number of rotatable bonds is 6. The second-order valence-electron chi connectivity index (χ2n) is 6.93. The van der Waals surface area contributed by atoms with E-state index in [1.54, 1.807) is 0 Å². The number of nitrogens with one attached hydrogen (secondary N) is 2. The predicted molar refractivity (Wildman–Crippen MR) is 92.4 cm³/mol. The van der Waals surface area contributed by atoms with Gasteiger partial charge in [0.1, 0.15) is 5.75 Å². The SMILES string of the molecule is CCNC(=NCc1ccccc1OCC1CC1)NC(C)(C)C. The Bertz CT molecular complexity index is 501. The molecule has 1 saturated carbocycles. The third-order valence-corrected chi connectivity index (χ3v) is 3.39. The second-order valence-corrected chi connectivity index (χ2v) is 6.93. The third-order valence-electron chi connectivity index (χ3n) is 3.39. The van der Waals surface area contributed by atoms with Gasteiger partial charge in [-0.3, -0.25) is 0 Å². The van der Waals surface area contributed by atoms with Crippen LogP contribution in [0.2, 0.25) is 0 Å². The molecule has 2 rings (SSSR count). The quantitative estimate of drug-likeness (QED) is 0.626. The lowest BCUT2D eigenvalue weighted by Gasteiger charge is -2.23. The molecule has 0 heterocycles. The van der Waals surface area contributed by atoms with Crippen molar-refractivity contribution in [1.82, 2.24) is 10.6 Å². The van der Waals surface area contributed by atoms with Gasteiger partial charge in [0.05, 0.1) is 13.2 Å². The standard InChI is InChI=1S/C18H29N3O/c1-5-19-17(21-18(2,3)4)20-12-15-8-6-7-9-16(15)22-13-14-10-11-14/h6-9,14H,5,10-13H2,1-4H3,(H2,19,20,21). The van der Waals surface area contributed by atoms with Gasteiger partial charge in [-0.2, -0.15) is 0 Å². The lowest BCUT2D eigenvalue weighted by atomic mass is 10.1. The molecule has 0 amide bonds. The summed E-state index contributed by atoms with van der Waals surface area (Å²) in [6.45, 7) is 10.8. The van der Waals surface area contributed by atoms with E-state index in [0.717, 1.165) is 36.3 Å². The Morgan fingerprint density at radius 3 is 2.64 bits per heavy atom. The maximum absolute atomic E-state index is 5.94. The van der Waals surface area contributed by atoms with E-state index in [1.807, 2.05) is 18.2 Å². The van der Waals surface area contributed by atoms with Crippen LogP contribution in [-0.4, -0.2) is 24.7 Å². The van der Waals surface area contributed by atoms with E-state index in [4.69, 9.17) is 4.74 Å². The first-order valence-corrected chi connectivity index (χ1v) is 8.25. The van der Waals surface area contributed by atoms with Gasteiger partial charge in [-0.05, 0) is 52.5 Å². The molecule has 122 valence electrons. The number of ether oxygens (including phenoxy) is 1. The van der Waals surface area contributed by atoms with E-state index in [-0.39, 0.29) is 5.54 Å². The molecule has 0 radical (unpaired) electrons. The van der Waals surface area contributed by atoms with Crippen molar-refractivity contribution in [2.45, 2.75) is 52.6 Å². The molecule has 4 nitrogen and oxygen atoms in total. The molecule has 1 aromatic rings. The number of hydrogen-bond acceptors (Lipinski definition) is 2. The Balaban J connectivity index is 2.01. The zero-order valence-corrected chi connectivity index (χ0v) is 14.3. The van der Waals surface area contributed by atoms with Gasteiger partial charge in [-0.25, -0.2) is 4.99 Å². The molecule has 4 heteroatoms. The monoisotopic (exact) mass is 303 g/mol. The number of benzene rings is 1. The zero-order chi connectivity index (χ0) is 16.0. The average Bonchev–Trinajstić information content (AvgIpc) is 3.26. The average molecular weight is 303 g/mol. The van der Waals surface area contributed by atoms with Gasteiger partial charge in [0.15, 0.2) is 5.96 Å². The van der Waals surface area contributed by atoms with Gasteiger partial charge in [0.25, 0.3) is 0 Å². The molecule has 0 saturated heterocycles. The van der Waals surface area contributed by atoms with Gasteiger partial charge in [0.2, 0.25) is 0 Å². The molecule has 0 aliphatic heterocycles. The minimum atomic E-state index is -0.0109. The smallest absolute Gasteiger partial charge is 0.191 e. The first kappa shape index (κ1) is 16.7. The Morgan fingerprint density at radius 2 is 2.00 bits per heavy atom. The number of para-hydroxylation sites is 1. The fourth-order valence-corrected chi connectivity index (χ4v) is 2.09. The van der Waals surface area contributed by atoms with Gasteiger partial charge in [-0.1, -0.05) is 18.2 Å². The van der Waals surface area contributed by atoms with Crippen LogP contribution in [0.1, 0.15) is 46.1 Å². The molecule has 0 aromatic heterocycles. The number of hydrogen-bond donors (Lipinski definition) is 2. The molecular weight excluding hydrogens is 274 g/mol. The van der Waals surface area contributed by atoms with E-state index >= 15 is 0 Å². The lowest BCUT2D eigenvalue weighted by Crippen LogP contribution is -2.47. The molecular formula is C18H29N3O. The number of nitrogens with zero attached hydrogens (tertiary/aromatic N) is 1. The molecule has 0 bridgehead atoms. The summed E-state index contributed by atoms with van der Waals surface area (Å²) in [5, 5.41) is 6.69. The maximum atomic E-state index is 5.94. The fraction of sp³-hybridized carbons (Fsp3) is 0.611. The fourth-order valence-electron chi connectivity index (χ4n) is 2.09. The summed E-state index contributed by atoms with van der Waals surface area (Å²) in [5.74, 6) is 2.56. The van der Waals surface area contributed by atoms with Crippen LogP contribution in [-0.2, 0) is 6.54 Å². The van der Waals surface area contributed by atoms with Crippen LogP contribution in [0.15, 0.2) is 29.3 Å². The van der Waals surface area contributed by atoms with Crippen LogP contribution in [0.4, 0.5) is 0 Å². The molecule has 22 heavy (non-hydrogen) atoms. The van der Waals surface area contributed by atoms with E-state index < -0.39 is 0 Å². The highest BCUT2D eigenvalue weighted by Gasteiger charge is 2.22. The van der Waals surface area contributed by atoms with Gasteiger partial charge in [0, 0.05) is 17.6 Å². The van der Waals surface area contributed by atoms with Crippen molar-refractivity contribution < 1.29 is 4.74 Å². The summed E-state index contributed by atoms with van der Waals surface area (Å²) in [6, 6.07) is 8.19. The van der Waals surface area contributed by atoms with Crippen molar-refractivity contribution in [3.8, 4) is 5.75 Å². The lowest BCUT2D eigenvalue weighted by molar-refractivity contribution is 0.297. The van der Waals surface area contributed by atoms with Crippen molar-refractivity contribution in [2.75, 3.05) is 13.2 Å². The molecule has 1 aliphatic carbocycles. The Labute approximate surface area is 134 Å². The van der Waals surface area contributed by atoms with Crippen LogP contribution < -0.4 is 15.4 Å². The number of aliphatic imine (C=N–C) groups is 1. The second kappa shape index (κ2) is 7.52. The Hall–Kier alpha value is -1.71.